The molecule has 1 aliphatic heterocycles. The molecule has 0 bridgehead atoms. The number of carbonyl (C=O) groups is 2. The molecule has 0 spiro atoms. The lowest BCUT2D eigenvalue weighted by molar-refractivity contribution is -0.122. The highest BCUT2D eigenvalue weighted by molar-refractivity contribution is 6.21. The summed E-state index contributed by atoms with van der Waals surface area (Å²) in [6, 6.07) is 7.13. The van der Waals surface area contributed by atoms with Gasteiger partial charge in [-0.05, 0) is 57.0 Å². The third kappa shape index (κ3) is 2.32. The van der Waals surface area contributed by atoms with Crippen molar-refractivity contribution in [3.8, 4) is 0 Å². The number of anilines is 1. The molecule has 22 heavy (non-hydrogen) atoms. The lowest BCUT2D eigenvalue weighted by Gasteiger charge is -2.17. The minimum absolute atomic E-state index is 0.160. The SMILES string of the molecule is Cc1cc(C)cc(N2C(=O)C[C@H](n3nc(C)cc3C)C2=O)c1. The number of amides is 2. The van der Waals surface area contributed by atoms with E-state index in [2.05, 4.69) is 5.10 Å². The Morgan fingerprint density at radius 1 is 1.00 bits per heavy atom. The molecule has 2 amide bonds. The standard InChI is InChI=1S/C17H19N3O2/c1-10-5-11(2)7-14(6-10)19-16(21)9-15(17(19)22)20-13(4)8-12(3)18-20/h5-8,15H,9H2,1-4H3/t15-/m0/s1. The fraction of sp³-hybridized carbons (Fsp3) is 0.353. The minimum Gasteiger partial charge on any atom is -0.274 e. The summed E-state index contributed by atoms with van der Waals surface area (Å²) in [7, 11) is 0. The first-order valence-electron chi connectivity index (χ1n) is 7.34. The number of nitrogens with zero attached hydrogens (tertiary/aromatic N) is 3. The summed E-state index contributed by atoms with van der Waals surface area (Å²) in [4.78, 5) is 26.4. The summed E-state index contributed by atoms with van der Waals surface area (Å²) in [6.45, 7) is 7.70. The van der Waals surface area contributed by atoms with E-state index >= 15 is 0 Å². The number of rotatable bonds is 2. The molecule has 1 aliphatic rings. The molecule has 1 fully saturated rings. The third-order valence-corrected chi connectivity index (χ3v) is 3.93. The van der Waals surface area contributed by atoms with Crippen molar-refractivity contribution in [2.45, 2.75) is 40.2 Å². The lowest BCUT2D eigenvalue weighted by atomic mass is 10.1. The highest BCUT2D eigenvalue weighted by atomic mass is 16.2. The summed E-state index contributed by atoms with van der Waals surface area (Å²) in [5.74, 6) is -0.381. The van der Waals surface area contributed by atoms with Crippen LogP contribution in [0, 0.1) is 27.7 Å². The largest absolute Gasteiger partial charge is 0.274 e. The molecule has 0 aliphatic carbocycles. The average molecular weight is 297 g/mol. The zero-order valence-electron chi connectivity index (χ0n) is 13.3. The smallest absolute Gasteiger partial charge is 0.259 e. The van der Waals surface area contributed by atoms with Gasteiger partial charge in [0.05, 0.1) is 17.8 Å². The predicted molar refractivity (Wildman–Crippen MR) is 83.8 cm³/mol. The third-order valence-electron chi connectivity index (χ3n) is 3.93. The summed E-state index contributed by atoms with van der Waals surface area (Å²) >= 11 is 0. The van der Waals surface area contributed by atoms with Crippen molar-refractivity contribution in [1.29, 1.82) is 0 Å². The zero-order chi connectivity index (χ0) is 16.0. The Hall–Kier alpha value is -2.43. The second kappa shape index (κ2) is 5.09. The van der Waals surface area contributed by atoms with Gasteiger partial charge in [-0.25, -0.2) is 4.90 Å². The second-order valence-corrected chi connectivity index (χ2v) is 6.00. The molecule has 1 aromatic heterocycles. The number of carbonyl (C=O) groups excluding carboxylic acids is 2. The zero-order valence-corrected chi connectivity index (χ0v) is 13.3. The predicted octanol–water partition coefficient (Wildman–Crippen LogP) is 2.62. The second-order valence-electron chi connectivity index (χ2n) is 6.00. The summed E-state index contributed by atoms with van der Waals surface area (Å²) < 4.78 is 1.66. The van der Waals surface area contributed by atoms with Crippen LogP contribution in [-0.4, -0.2) is 21.6 Å². The topological polar surface area (TPSA) is 55.2 Å². The van der Waals surface area contributed by atoms with Crippen LogP contribution in [-0.2, 0) is 9.59 Å². The molecule has 1 atom stereocenters. The molecular formula is C17H19N3O2. The Morgan fingerprint density at radius 2 is 1.64 bits per heavy atom. The molecule has 1 saturated heterocycles. The molecule has 3 rings (SSSR count). The Kier molecular flexibility index (Phi) is 3.35. The van der Waals surface area contributed by atoms with Gasteiger partial charge in [0.25, 0.3) is 5.91 Å². The molecule has 1 aromatic carbocycles. The fourth-order valence-electron chi connectivity index (χ4n) is 3.12. The molecule has 0 unspecified atom stereocenters. The van der Waals surface area contributed by atoms with Crippen molar-refractivity contribution in [3.05, 3.63) is 46.8 Å². The molecule has 114 valence electrons. The van der Waals surface area contributed by atoms with Crippen molar-refractivity contribution in [1.82, 2.24) is 9.78 Å². The van der Waals surface area contributed by atoms with Crippen LogP contribution >= 0.6 is 0 Å². The maximum absolute atomic E-state index is 12.7. The van der Waals surface area contributed by atoms with E-state index in [9.17, 15) is 9.59 Å². The summed E-state index contributed by atoms with van der Waals surface area (Å²) in [5, 5.41) is 4.36. The summed E-state index contributed by atoms with van der Waals surface area (Å²) in [5.41, 5.74) is 4.46. The Bertz CT molecular complexity index is 756. The van der Waals surface area contributed by atoms with Gasteiger partial charge in [0, 0.05) is 5.69 Å². The highest BCUT2D eigenvalue weighted by Crippen LogP contribution is 2.31. The maximum atomic E-state index is 12.7. The van der Waals surface area contributed by atoms with E-state index in [1.807, 2.05) is 52.0 Å². The normalized spacial score (nSPS) is 18.4. The summed E-state index contributed by atoms with van der Waals surface area (Å²) in [6.07, 6.45) is 0.160. The Labute approximate surface area is 129 Å². The maximum Gasteiger partial charge on any atom is 0.259 e. The van der Waals surface area contributed by atoms with E-state index in [0.717, 1.165) is 22.5 Å². The van der Waals surface area contributed by atoms with Crippen molar-refractivity contribution >= 4 is 17.5 Å². The Morgan fingerprint density at radius 3 is 2.18 bits per heavy atom. The van der Waals surface area contributed by atoms with Crippen LogP contribution in [0.15, 0.2) is 24.3 Å². The molecule has 5 nitrogen and oxygen atoms in total. The van der Waals surface area contributed by atoms with Gasteiger partial charge in [-0.2, -0.15) is 5.10 Å². The first-order chi connectivity index (χ1) is 10.4. The number of hydrogen-bond acceptors (Lipinski definition) is 3. The average Bonchev–Trinajstić information content (AvgIpc) is 2.87. The van der Waals surface area contributed by atoms with Gasteiger partial charge in [0.1, 0.15) is 6.04 Å². The van der Waals surface area contributed by atoms with Crippen LogP contribution in [0.1, 0.15) is 35.0 Å². The van der Waals surface area contributed by atoms with Crippen LogP contribution in [0.25, 0.3) is 0 Å². The number of hydrogen-bond donors (Lipinski definition) is 0. The number of aryl methyl sites for hydroxylation is 4. The van der Waals surface area contributed by atoms with Crippen LogP contribution < -0.4 is 4.90 Å². The molecular weight excluding hydrogens is 278 g/mol. The lowest BCUT2D eigenvalue weighted by Crippen LogP contribution is -2.31. The monoisotopic (exact) mass is 297 g/mol. The first-order valence-corrected chi connectivity index (χ1v) is 7.34. The van der Waals surface area contributed by atoms with E-state index in [0.29, 0.717) is 5.69 Å². The molecule has 0 saturated carbocycles. The fourth-order valence-corrected chi connectivity index (χ4v) is 3.12. The van der Waals surface area contributed by atoms with Gasteiger partial charge in [0.15, 0.2) is 0 Å². The van der Waals surface area contributed by atoms with E-state index in [-0.39, 0.29) is 18.2 Å². The van der Waals surface area contributed by atoms with E-state index < -0.39 is 6.04 Å². The van der Waals surface area contributed by atoms with Gasteiger partial charge >= 0.3 is 0 Å². The van der Waals surface area contributed by atoms with Crippen molar-refractivity contribution in [2.75, 3.05) is 4.90 Å². The van der Waals surface area contributed by atoms with Gasteiger partial charge in [0.2, 0.25) is 5.91 Å². The van der Waals surface area contributed by atoms with Gasteiger partial charge < -0.3 is 0 Å². The quantitative estimate of drug-likeness (QED) is 0.801. The molecule has 2 aromatic rings. The minimum atomic E-state index is -0.540. The van der Waals surface area contributed by atoms with Gasteiger partial charge in [-0.15, -0.1) is 0 Å². The van der Waals surface area contributed by atoms with Gasteiger partial charge in [-0.3, -0.25) is 14.3 Å². The van der Waals surface area contributed by atoms with Crippen molar-refractivity contribution in [3.63, 3.8) is 0 Å². The first kappa shape index (κ1) is 14.5. The van der Waals surface area contributed by atoms with Crippen LogP contribution in [0.4, 0.5) is 5.69 Å². The van der Waals surface area contributed by atoms with Crippen LogP contribution in [0.3, 0.4) is 0 Å². The van der Waals surface area contributed by atoms with E-state index in [4.69, 9.17) is 0 Å². The van der Waals surface area contributed by atoms with E-state index in [1.54, 1.807) is 4.68 Å². The highest BCUT2D eigenvalue weighted by Gasteiger charge is 2.41. The van der Waals surface area contributed by atoms with Crippen LogP contribution in [0.5, 0.6) is 0 Å². The number of aromatic nitrogens is 2. The molecule has 2 heterocycles. The van der Waals surface area contributed by atoms with Crippen molar-refractivity contribution in [2.24, 2.45) is 0 Å². The van der Waals surface area contributed by atoms with Crippen molar-refractivity contribution < 1.29 is 9.59 Å². The van der Waals surface area contributed by atoms with E-state index in [1.165, 1.54) is 4.90 Å². The number of imide groups is 1. The molecule has 5 heteroatoms. The molecule has 0 radical (unpaired) electrons. The van der Waals surface area contributed by atoms with Gasteiger partial charge in [-0.1, -0.05) is 6.07 Å². The van der Waals surface area contributed by atoms with Crippen LogP contribution in [0.2, 0.25) is 0 Å². The number of benzene rings is 1. The Balaban J connectivity index is 2.00. The molecule has 0 N–H and O–H groups in total.